The van der Waals surface area contributed by atoms with Crippen LogP contribution in [-0.2, 0) is 6.42 Å². The van der Waals surface area contributed by atoms with Crippen LogP contribution in [0.15, 0.2) is 42.0 Å². The van der Waals surface area contributed by atoms with Gasteiger partial charge in [-0.3, -0.25) is 4.98 Å². The van der Waals surface area contributed by atoms with Crippen molar-refractivity contribution in [3.05, 3.63) is 53.3 Å². The molecule has 0 radical (unpaired) electrons. The lowest BCUT2D eigenvalue weighted by molar-refractivity contribution is 0.757. The van der Waals surface area contributed by atoms with Crippen molar-refractivity contribution < 1.29 is 0 Å². The van der Waals surface area contributed by atoms with Crippen LogP contribution in [0.1, 0.15) is 23.7 Å². The molecule has 3 nitrogen and oxygen atoms in total. The van der Waals surface area contributed by atoms with E-state index < -0.39 is 0 Å². The summed E-state index contributed by atoms with van der Waals surface area (Å²) in [4.78, 5) is 8.94. The average molecular weight is 267 g/mol. The van der Waals surface area contributed by atoms with Crippen molar-refractivity contribution in [3.63, 3.8) is 0 Å². The second-order valence-electron chi connectivity index (χ2n) is 4.77. The quantitative estimate of drug-likeness (QED) is 0.767. The normalized spacial score (nSPS) is 17.6. The van der Waals surface area contributed by atoms with Gasteiger partial charge >= 0.3 is 0 Å². The molecule has 0 saturated heterocycles. The predicted octanol–water partition coefficient (Wildman–Crippen LogP) is 3.79. The number of fused-ring (bicyclic) bond motifs is 2. The van der Waals surface area contributed by atoms with Gasteiger partial charge in [0.25, 0.3) is 0 Å². The number of aryl methyl sites for hydroxylation is 1. The molecule has 94 valence electrons. The highest BCUT2D eigenvalue weighted by atomic mass is 32.1. The SMILES string of the molecule is c1cnc2c(c1)C(Nc1nccc3ccsc13)CC2. The van der Waals surface area contributed by atoms with Gasteiger partial charge in [0.15, 0.2) is 0 Å². The van der Waals surface area contributed by atoms with E-state index in [2.05, 4.69) is 38.9 Å². The van der Waals surface area contributed by atoms with E-state index in [1.807, 2.05) is 18.5 Å². The topological polar surface area (TPSA) is 37.8 Å². The molecule has 3 heterocycles. The summed E-state index contributed by atoms with van der Waals surface area (Å²) in [6.45, 7) is 0. The molecule has 4 rings (SSSR count). The highest BCUT2D eigenvalue weighted by Gasteiger charge is 2.23. The first-order valence-electron chi connectivity index (χ1n) is 6.44. The highest BCUT2D eigenvalue weighted by molar-refractivity contribution is 7.17. The Kier molecular flexibility index (Phi) is 2.48. The molecule has 3 aromatic rings. The first-order chi connectivity index (χ1) is 9.42. The number of anilines is 1. The van der Waals surface area contributed by atoms with E-state index >= 15 is 0 Å². The van der Waals surface area contributed by atoms with Crippen molar-refractivity contribution in [2.75, 3.05) is 5.32 Å². The molecule has 3 aromatic heterocycles. The van der Waals surface area contributed by atoms with Crippen LogP contribution in [0.2, 0.25) is 0 Å². The molecule has 19 heavy (non-hydrogen) atoms. The molecule has 0 saturated carbocycles. The van der Waals surface area contributed by atoms with Gasteiger partial charge in [0.1, 0.15) is 5.82 Å². The highest BCUT2D eigenvalue weighted by Crippen LogP contribution is 2.35. The number of hydrogen-bond acceptors (Lipinski definition) is 4. The van der Waals surface area contributed by atoms with Crippen molar-refractivity contribution >= 4 is 27.2 Å². The molecular formula is C15H13N3S. The molecule has 1 unspecified atom stereocenters. The van der Waals surface area contributed by atoms with E-state index in [0.29, 0.717) is 6.04 Å². The van der Waals surface area contributed by atoms with E-state index in [1.165, 1.54) is 21.3 Å². The van der Waals surface area contributed by atoms with Crippen LogP contribution in [-0.4, -0.2) is 9.97 Å². The third-order valence-electron chi connectivity index (χ3n) is 3.65. The Morgan fingerprint density at radius 3 is 3.16 bits per heavy atom. The maximum atomic E-state index is 4.49. The van der Waals surface area contributed by atoms with Gasteiger partial charge < -0.3 is 5.32 Å². The zero-order valence-corrected chi connectivity index (χ0v) is 11.2. The first kappa shape index (κ1) is 10.9. The molecule has 0 spiro atoms. The molecule has 1 aliphatic rings. The van der Waals surface area contributed by atoms with Crippen molar-refractivity contribution in [2.45, 2.75) is 18.9 Å². The fraction of sp³-hybridized carbons (Fsp3) is 0.200. The minimum Gasteiger partial charge on any atom is -0.362 e. The fourth-order valence-corrected chi connectivity index (χ4v) is 3.57. The van der Waals surface area contributed by atoms with Crippen molar-refractivity contribution in [3.8, 4) is 0 Å². The summed E-state index contributed by atoms with van der Waals surface area (Å²) in [6, 6.07) is 8.71. The first-order valence-corrected chi connectivity index (χ1v) is 7.32. The van der Waals surface area contributed by atoms with E-state index in [-0.39, 0.29) is 0 Å². The lowest BCUT2D eigenvalue weighted by Crippen LogP contribution is -2.08. The van der Waals surface area contributed by atoms with Crippen LogP contribution in [0.5, 0.6) is 0 Å². The van der Waals surface area contributed by atoms with E-state index in [0.717, 1.165) is 18.7 Å². The molecule has 1 atom stereocenters. The van der Waals surface area contributed by atoms with Gasteiger partial charge in [-0.2, -0.15) is 0 Å². The second-order valence-corrected chi connectivity index (χ2v) is 5.69. The second kappa shape index (κ2) is 4.31. The van der Waals surface area contributed by atoms with Gasteiger partial charge in [0, 0.05) is 18.1 Å². The van der Waals surface area contributed by atoms with E-state index in [4.69, 9.17) is 0 Å². The Morgan fingerprint density at radius 2 is 2.16 bits per heavy atom. The number of thiophene rings is 1. The Bertz CT molecular complexity index is 735. The van der Waals surface area contributed by atoms with Gasteiger partial charge in [-0.1, -0.05) is 6.07 Å². The summed E-state index contributed by atoms with van der Waals surface area (Å²) < 4.78 is 1.24. The Hall–Kier alpha value is -1.94. The summed E-state index contributed by atoms with van der Waals surface area (Å²) in [5.41, 5.74) is 2.54. The molecule has 4 heteroatoms. The van der Waals surface area contributed by atoms with Crippen molar-refractivity contribution in [1.82, 2.24) is 9.97 Å². The summed E-state index contributed by atoms with van der Waals surface area (Å²) in [6.07, 6.45) is 5.89. The molecule has 0 bridgehead atoms. The zero-order valence-electron chi connectivity index (χ0n) is 10.3. The molecule has 0 aromatic carbocycles. The third-order valence-corrected chi connectivity index (χ3v) is 4.59. The van der Waals surface area contributed by atoms with Crippen molar-refractivity contribution in [2.24, 2.45) is 0 Å². The van der Waals surface area contributed by atoms with Crippen LogP contribution >= 0.6 is 11.3 Å². The fourth-order valence-electron chi connectivity index (χ4n) is 2.72. The molecule has 1 aliphatic carbocycles. The van der Waals surface area contributed by atoms with Gasteiger partial charge in [-0.05, 0) is 47.4 Å². The van der Waals surface area contributed by atoms with Gasteiger partial charge in [0.05, 0.1) is 10.7 Å². The van der Waals surface area contributed by atoms with Gasteiger partial charge in [-0.15, -0.1) is 11.3 Å². The lowest BCUT2D eigenvalue weighted by atomic mass is 10.1. The number of rotatable bonds is 2. The van der Waals surface area contributed by atoms with Crippen LogP contribution in [0.4, 0.5) is 5.82 Å². The van der Waals surface area contributed by atoms with E-state index in [1.54, 1.807) is 11.3 Å². The standard InChI is InChI=1S/C15H13N3S/c1-2-11-12(16-7-1)3-4-13(11)18-15-14-10(5-8-17-15)6-9-19-14/h1-2,5-9,13H,3-4H2,(H,17,18). The van der Waals surface area contributed by atoms with Gasteiger partial charge in [-0.25, -0.2) is 4.98 Å². The van der Waals surface area contributed by atoms with Crippen LogP contribution < -0.4 is 5.32 Å². The monoisotopic (exact) mass is 267 g/mol. The maximum Gasteiger partial charge on any atom is 0.144 e. The summed E-state index contributed by atoms with van der Waals surface area (Å²) in [7, 11) is 0. The Labute approximate surface area is 115 Å². The van der Waals surface area contributed by atoms with Gasteiger partial charge in [0.2, 0.25) is 0 Å². The average Bonchev–Trinajstić information content (AvgIpc) is 3.06. The molecule has 0 fully saturated rings. The summed E-state index contributed by atoms with van der Waals surface area (Å²) in [5.74, 6) is 0.995. The summed E-state index contributed by atoms with van der Waals surface area (Å²) in [5, 5.41) is 6.95. The smallest absolute Gasteiger partial charge is 0.144 e. The van der Waals surface area contributed by atoms with Crippen LogP contribution in [0, 0.1) is 0 Å². The Morgan fingerprint density at radius 1 is 1.16 bits per heavy atom. The molecule has 0 amide bonds. The largest absolute Gasteiger partial charge is 0.362 e. The molecule has 1 N–H and O–H groups in total. The van der Waals surface area contributed by atoms with E-state index in [9.17, 15) is 0 Å². The number of nitrogens with zero attached hydrogens (tertiary/aromatic N) is 2. The minimum absolute atomic E-state index is 0.337. The summed E-state index contributed by atoms with van der Waals surface area (Å²) >= 11 is 1.74. The molecule has 0 aliphatic heterocycles. The zero-order chi connectivity index (χ0) is 12.7. The lowest BCUT2D eigenvalue weighted by Gasteiger charge is -2.14. The number of aromatic nitrogens is 2. The predicted molar refractivity (Wildman–Crippen MR) is 78.5 cm³/mol. The number of hydrogen-bond donors (Lipinski definition) is 1. The van der Waals surface area contributed by atoms with Crippen molar-refractivity contribution in [1.29, 1.82) is 0 Å². The number of pyridine rings is 2. The maximum absolute atomic E-state index is 4.49. The third kappa shape index (κ3) is 1.79. The minimum atomic E-state index is 0.337. The number of nitrogens with one attached hydrogen (secondary N) is 1. The molecular weight excluding hydrogens is 254 g/mol. The Balaban J connectivity index is 1.71. The van der Waals surface area contributed by atoms with Crippen LogP contribution in [0.3, 0.4) is 0 Å². The van der Waals surface area contributed by atoms with Crippen LogP contribution in [0.25, 0.3) is 10.1 Å².